The Bertz CT molecular complexity index is 573. The van der Waals surface area contributed by atoms with Crippen LogP contribution in [0, 0.1) is 0 Å². The molecule has 4 nitrogen and oxygen atoms in total. The molecular formula is C17H19NO3. The van der Waals surface area contributed by atoms with Gasteiger partial charge in [0, 0.05) is 13.3 Å². The molecule has 0 fully saturated rings. The molecule has 2 rings (SSSR count). The summed E-state index contributed by atoms with van der Waals surface area (Å²) in [5, 5.41) is 8.61. The Morgan fingerprint density at radius 1 is 0.952 bits per heavy atom. The molecule has 0 spiro atoms. The number of nitrogens with two attached hydrogens (primary N) is 1. The number of carboxylic acid groups (broad SMARTS) is 1. The summed E-state index contributed by atoms with van der Waals surface area (Å²) in [6, 6.07) is 18.2. The van der Waals surface area contributed by atoms with Gasteiger partial charge >= 0.3 is 5.97 Å². The third-order valence-electron chi connectivity index (χ3n) is 2.69. The topological polar surface area (TPSA) is 80.4 Å². The molecule has 0 heterocycles. The molecule has 21 heavy (non-hydrogen) atoms. The van der Waals surface area contributed by atoms with Crippen LogP contribution in [-0.2, 0) is 16.0 Å². The van der Waals surface area contributed by atoms with Crippen LogP contribution in [0.15, 0.2) is 54.6 Å². The van der Waals surface area contributed by atoms with Crippen molar-refractivity contribution >= 4 is 11.9 Å². The maximum Gasteiger partial charge on any atom is 0.303 e. The van der Waals surface area contributed by atoms with Gasteiger partial charge < -0.3 is 10.8 Å². The van der Waals surface area contributed by atoms with E-state index < -0.39 is 5.97 Å². The summed E-state index contributed by atoms with van der Waals surface area (Å²) in [7, 11) is 0. The minimum atomic E-state index is -0.753. The molecule has 0 bridgehead atoms. The van der Waals surface area contributed by atoms with Crippen LogP contribution in [0.4, 0.5) is 0 Å². The number of aryl methyl sites for hydroxylation is 1. The third kappa shape index (κ3) is 6.92. The van der Waals surface area contributed by atoms with Gasteiger partial charge in [-0.25, -0.2) is 0 Å². The number of aliphatic carboxylic acids is 1. The van der Waals surface area contributed by atoms with Crippen molar-refractivity contribution in [1.29, 1.82) is 0 Å². The highest BCUT2D eigenvalue weighted by Gasteiger charge is 2.00. The minimum Gasteiger partial charge on any atom is -0.481 e. The van der Waals surface area contributed by atoms with Gasteiger partial charge in [0.15, 0.2) is 0 Å². The SMILES string of the molecule is CC(N)=O.O=C(O)CCc1ccc(-c2ccccc2)cc1. The van der Waals surface area contributed by atoms with E-state index in [1.54, 1.807) is 0 Å². The molecule has 0 aliphatic carbocycles. The highest BCUT2D eigenvalue weighted by Crippen LogP contribution is 2.19. The highest BCUT2D eigenvalue weighted by atomic mass is 16.4. The first kappa shape index (κ1) is 16.4. The van der Waals surface area contributed by atoms with Crippen molar-refractivity contribution in [3.63, 3.8) is 0 Å². The number of amides is 1. The number of benzene rings is 2. The number of primary amides is 1. The average Bonchev–Trinajstić information content (AvgIpc) is 2.46. The molecule has 0 radical (unpaired) electrons. The zero-order chi connectivity index (χ0) is 15.7. The molecule has 1 amide bonds. The highest BCUT2D eigenvalue weighted by molar-refractivity contribution is 5.70. The molecule has 4 heteroatoms. The largest absolute Gasteiger partial charge is 0.481 e. The number of carboxylic acids is 1. The van der Waals surface area contributed by atoms with E-state index in [-0.39, 0.29) is 12.3 Å². The number of carbonyl (C=O) groups is 2. The van der Waals surface area contributed by atoms with Gasteiger partial charge in [0.25, 0.3) is 0 Å². The van der Waals surface area contributed by atoms with E-state index in [1.165, 1.54) is 12.5 Å². The Morgan fingerprint density at radius 3 is 1.90 bits per heavy atom. The Labute approximate surface area is 124 Å². The number of carbonyl (C=O) groups excluding carboxylic acids is 1. The van der Waals surface area contributed by atoms with Crippen LogP contribution in [0.3, 0.4) is 0 Å². The first-order chi connectivity index (χ1) is 9.99. The predicted octanol–water partition coefficient (Wildman–Crippen LogP) is 2.86. The van der Waals surface area contributed by atoms with Crippen molar-refractivity contribution in [2.75, 3.05) is 0 Å². The lowest BCUT2D eigenvalue weighted by Gasteiger charge is -2.03. The van der Waals surface area contributed by atoms with Gasteiger partial charge in [0.2, 0.25) is 5.91 Å². The van der Waals surface area contributed by atoms with E-state index in [1.807, 2.05) is 42.5 Å². The predicted molar refractivity (Wildman–Crippen MR) is 82.7 cm³/mol. The second-order valence-corrected chi connectivity index (χ2v) is 4.57. The third-order valence-corrected chi connectivity index (χ3v) is 2.69. The minimum absolute atomic E-state index is 0.185. The smallest absolute Gasteiger partial charge is 0.303 e. The molecule has 0 aromatic heterocycles. The zero-order valence-electron chi connectivity index (χ0n) is 12.0. The lowest BCUT2D eigenvalue weighted by atomic mass is 10.0. The molecule has 110 valence electrons. The van der Waals surface area contributed by atoms with Crippen LogP contribution < -0.4 is 5.73 Å². The van der Waals surface area contributed by atoms with E-state index >= 15 is 0 Å². The van der Waals surface area contributed by atoms with Crippen LogP contribution in [0.25, 0.3) is 11.1 Å². The van der Waals surface area contributed by atoms with E-state index in [9.17, 15) is 9.59 Å². The molecule has 0 saturated carbocycles. The van der Waals surface area contributed by atoms with Gasteiger partial charge in [0.05, 0.1) is 0 Å². The van der Waals surface area contributed by atoms with Crippen molar-refractivity contribution in [2.24, 2.45) is 5.73 Å². The number of hydrogen-bond acceptors (Lipinski definition) is 2. The van der Waals surface area contributed by atoms with Crippen LogP contribution in [-0.4, -0.2) is 17.0 Å². The summed E-state index contributed by atoms with van der Waals surface area (Å²) in [6.45, 7) is 1.31. The zero-order valence-corrected chi connectivity index (χ0v) is 12.0. The van der Waals surface area contributed by atoms with Crippen LogP contribution in [0.1, 0.15) is 18.9 Å². The molecule has 0 aliphatic heterocycles. The standard InChI is InChI=1S/C15H14O2.C2H5NO/c16-15(17)11-8-12-6-9-14(10-7-12)13-4-2-1-3-5-13;1-2(3)4/h1-7,9-10H,8,11H2,(H,16,17);1H3,(H2,3,4). The molecule has 2 aromatic carbocycles. The summed E-state index contributed by atoms with van der Waals surface area (Å²) in [5.74, 6) is -1.09. The fourth-order valence-corrected chi connectivity index (χ4v) is 1.75. The van der Waals surface area contributed by atoms with E-state index in [0.29, 0.717) is 6.42 Å². The summed E-state index contributed by atoms with van der Waals surface area (Å²) in [5.41, 5.74) is 7.87. The van der Waals surface area contributed by atoms with Gasteiger partial charge in [-0.1, -0.05) is 54.6 Å². The Morgan fingerprint density at radius 2 is 1.43 bits per heavy atom. The average molecular weight is 285 g/mol. The van der Waals surface area contributed by atoms with Crippen molar-refractivity contribution in [2.45, 2.75) is 19.8 Å². The molecule has 0 unspecified atom stereocenters. The lowest BCUT2D eigenvalue weighted by molar-refractivity contribution is -0.137. The fraction of sp³-hybridized carbons (Fsp3) is 0.176. The quantitative estimate of drug-likeness (QED) is 0.906. The van der Waals surface area contributed by atoms with E-state index in [0.717, 1.165) is 11.1 Å². The van der Waals surface area contributed by atoms with Gasteiger partial charge in [-0.05, 0) is 23.1 Å². The molecule has 2 aromatic rings. The summed E-state index contributed by atoms with van der Waals surface area (Å²) in [4.78, 5) is 19.7. The summed E-state index contributed by atoms with van der Waals surface area (Å²) in [6.07, 6.45) is 0.773. The van der Waals surface area contributed by atoms with Crippen molar-refractivity contribution in [3.05, 3.63) is 60.2 Å². The van der Waals surface area contributed by atoms with Gasteiger partial charge in [-0.3, -0.25) is 9.59 Å². The Kier molecular flexibility index (Phi) is 6.68. The normalized spacial score (nSPS) is 9.38. The van der Waals surface area contributed by atoms with Crippen molar-refractivity contribution in [3.8, 4) is 11.1 Å². The fourth-order valence-electron chi connectivity index (χ4n) is 1.75. The second kappa shape index (κ2) is 8.53. The Balaban J connectivity index is 0.000000491. The van der Waals surface area contributed by atoms with E-state index in [4.69, 9.17) is 5.11 Å². The first-order valence-electron chi connectivity index (χ1n) is 6.61. The van der Waals surface area contributed by atoms with Crippen LogP contribution in [0.5, 0.6) is 0 Å². The van der Waals surface area contributed by atoms with Crippen LogP contribution in [0.2, 0.25) is 0 Å². The lowest BCUT2D eigenvalue weighted by Crippen LogP contribution is -2.01. The molecule has 3 N–H and O–H groups in total. The summed E-state index contributed by atoms with van der Waals surface area (Å²) < 4.78 is 0. The molecule has 0 aliphatic rings. The van der Waals surface area contributed by atoms with Crippen molar-refractivity contribution in [1.82, 2.24) is 0 Å². The first-order valence-corrected chi connectivity index (χ1v) is 6.61. The molecule has 0 atom stereocenters. The maximum absolute atomic E-state index is 10.5. The van der Waals surface area contributed by atoms with Gasteiger partial charge in [0.1, 0.15) is 0 Å². The van der Waals surface area contributed by atoms with E-state index in [2.05, 4.69) is 17.9 Å². The van der Waals surface area contributed by atoms with Crippen LogP contribution >= 0.6 is 0 Å². The van der Waals surface area contributed by atoms with Gasteiger partial charge in [-0.2, -0.15) is 0 Å². The molecular weight excluding hydrogens is 266 g/mol. The maximum atomic E-state index is 10.5. The Hall–Kier alpha value is -2.62. The molecule has 0 saturated heterocycles. The van der Waals surface area contributed by atoms with Crippen molar-refractivity contribution < 1.29 is 14.7 Å². The summed E-state index contributed by atoms with van der Waals surface area (Å²) >= 11 is 0. The van der Waals surface area contributed by atoms with Gasteiger partial charge in [-0.15, -0.1) is 0 Å². The second-order valence-electron chi connectivity index (χ2n) is 4.57. The number of hydrogen-bond donors (Lipinski definition) is 2. The monoisotopic (exact) mass is 285 g/mol. The number of rotatable bonds is 4.